The number of nitrogens with zero attached hydrogens (tertiary/aromatic N) is 2. The quantitative estimate of drug-likeness (QED) is 0.791. The Hall–Kier alpha value is -0.640. The van der Waals surface area contributed by atoms with E-state index in [2.05, 4.69) is 28.8 Å². The van der Waals surface area contributed by atoms with Gasteiger partial charge in [-0.3, -0.25) is 0 Å². The van der Waals surface area contributed by atoms with Gasteiger partial charge < -0.3 is 5.32 Å². The predicted molar refractivity (Wildman–Crippen MR) is 55.0 cm³/mol. The number of aromatic nitrogens is 2. The summed E-state index contributed by atoms with van der Waals surface area (Å²) in [6, 6.07) is 0.592. The highest BCUT2D eigenvalue weighted by Gasteiger charge is 2.34. The lowest BCUT2D eigenvalue weighted by atomic mass is 9.87. The Morgan fingerprint density at radius 2 is 2.46 bits per heavy atom. The summed E-state index contributed by atoms with van der Waals surface area (Å²) in [5.41, 5.74) is 0.421. The van der Waals surface area contributed by atoms with Gasteiger partial charge >= 0.3 is 0 Å². The Morgan fingerprint density at radius 3 is 3.00 bits per heavy atom. The maximum atomic E-state index is 3.84. The second kappa shape index (κ2) is 3.25. The third-order valence-electron chi connectivity index (χ3n) is 2.94. The number of hydrogen-bond acceptors (Lipinski definition) is 4. The van der Waals surface area contributed by atoms with E-state index < -0.39 is 0 Å². The summed E-state index contributed by atoms with van der Waals surface area (Å²) in [4.78, 5) is 0. The number of rotatable bonds is 2. The van der Waals surface area contributed by atoms with Crippen LogP contribution in [-0.4, -0.2) is 15.6 Å². The smallest absolute Gasteiger partial charge is 0.130 e. The van der Waals surface area contributed by atoms with Crippen LogP contribution >= 0.6 is 11.5 Å². The normalized spacial score (nSPS) is 26.2. The van der Waals surface area contributed by atoms with E-state index in [1.807, 2.05) is 0 Å². The van der Waals surface area contributed by atoms with Crippen LogP contribution in [0.5, 0.6) is 0 Å². The summed E-state index contributed by atoms with van der Waals surface area (Å²) in [7, 11) is 0. The Labute approximate surface area is 82.7 Å². The van der Waals surface area contributed by atoms with Gasteiger partial charge in [-0.15, -0.1) is 5.10 Å². The molecule has 0 aromatic carbocycles. The first-order valence-electron chi connectivity index (χ1n) is 4.72. The van der Waals surface area contributed by atoms with Gasteiger partial charge in [0.25, 0.3) is 0 Å². The molecule has 1 aliphatic rings. The van der Waals surface area contributed by atoms with E-state index in [0.717, 1.165) is 5.00 Å². The molecule has 0 amide bonds. The standard InChI is InChI=1S/C9H15N3S/c1-9(2)5-3-4-7(9)11-8-6-10-12-13-8/h6-7,11H,3-5H2,1-2H3. The van der Waals surface area contributed by atoms with E-state index in [1.165, 1.54) is 30.8 Å². The summed E-state index contributed by atoms with van der Waals surface area (Å²) >= 11 is 1.44. The second-order valence-electron chi connectivity index (χ2n) is 4.36. The minimum atomic E-state index is 0.421. The third-order valence-corrected chi connectivity index (χ3v) is 3.53. The summed E-state index contributed by atoms with van der Waals surface area (Å²) in [6.45, 7) is 4.65. The molecule has 0 saturated heterocycles. The molecular formula is C9H15N3S. The lowest BCUT2D eigenvalue weighted by Gasteiger charge is -2.27. The molecular weight excluding hydrogens is 182 g/mol. The minimum Gasteiger partial charge on any atom is -0.371 e. The zero-order chi connectivity index (χ0) is 9.31. The van der Waals surface area contributed by atoms with Crippen molar-refractivity contribution in [2.45, 2.75) is 39.2 Å². The fourth-order valence-electron chi connectivity index (χ4n) is 2.00. The maximum Gasteiger partial charge on any atom is 0.130 e. The maximum absolute atomic E-state index is 3.84. The van der Waals surface area contributed by atoms with Crippen LogP contribution in [0.25, 0.3) is 0 Å². The van der Waals surface area contributed by atoms with Crippen molar-refractivity contribution in [1.82, 2.24) is 9.59 Å². The van der Waals surface area contributed by atoms with Crippen molar-refractivity contribution in [3.8, 4) is 0 Å². The van der Waals surface area contributed by atoms with E-state index in [1.54, 1.807) is 6.20 Å². The van der Waals surface area contributed by atoms with Gasteiger partial charge in [0, 0.05) is 17.6 Å². The lowest BCUT2D eigenvalue weighted by Crippen LogP contribution is -2.30. The fourth-order valence-corrected chi connectivity index (χ4v) is 2.47. The zero-order valence-corrected chi connectivity index (χ0v) is 8.90. The van der Waals surface area contributed by atoms with Crippen LogP contribution in [0.1, 0.15) is 33.1 Å². The van der Waals surface area contributed by atoms with Gasteiger partial charge in [-0.1, -0.05) is 24.8 Å². The van der Waals surface area contributed by atoms with Crippen LogP contribution in [0.4, 0.5) is 5.00 Å². The Kier molecular flexibility index (Phi) is 2.24. The van der Waals surface area contributed by atoms with Crippen molar-refractivity contribution in [2.24, 2.45) is 5.41 Å². The van der Waals surface area contributed by atoms with E-state index in [0.29, 0.717) is 11.5 Å². The Morgan fingerprint density at radius 1 is 1.62 bits per heavy atom. The molecule has 3 nitrogen and oxygen atoms in total. The summed E-state index contributed by atoms with van der Waals surface area (Å²) in [6.07, 6.45) is 5.72. The van der Waals surface area contributed by atoms with Crippen molar-refractivity contribution in [3.05, 3.63) is 6.20 Å². The monoisotopic (exact) mass is 197 g/mol. The van der Waals surface area contributed by atoms with Crippen molar-refractivity contribution < 1.29 is 0 Å². The molecule has 2 rings (SSSR count). The van der Waals surface area contributed by atoms with Crippen LogP contribution in [0, 0.1) is 5.41 Å². The highest BCUT2D eigenvalue weighted by Crippen LogP contribution is 2.39. The minimum absolute atomic E-state index is 0.421. The molecule has 1 N–H and O–H groups in total. The highest BCUT2D eigenvalue weighted by molar-refractivity contribution is 7.09. The second-order valence-corrected chi connectivity index (χ2v) is 5.15. The number of nitrogens with one attached hydrogen (secondary N) is 1. The third kappa shape index (κ3) is 1.82. The molecule has 1 saturated carbocycles. The molecule has 1 aromatic rings. The molecule has 72 valence electrons. The first-order valence-corrected chi connectivity index (χ1v) is 5.50. The van der Waals surface area contributed by atoms with Crippen LogP contribution in [0.2, 0.25) is 0 Å². The number of anilines is 1. The molecule has 0 aliphatic heterocycles. The highest BCUT2D eigenvalue weighted by atomic mass is 32.1. The summed E-state index contributed by atoms with van der Waals surface area (Å²) < 4.78 is 3.84. The zero-order valence-electron chi connectivity index (χ0n) is 8.08. The van der Waals surface area contributed by atoms with Gasteiger partial charge in [0.2, 0.25) is 0 Å². The van der Waals surface area contributed by atoms with Crippen LogP contribution in [0.15, 0.2) is 6.20 Å². The van der Waals surface area contributed by atoms with Crippen molar-refractivity contribution in [2.75, 3.05) is 5.32 Å². The van der Waals surface area contributed by atoms with Crippen molar-refractivity contribution in [3.63, 3.8) is 0 Å². The molecule has 1 fully saturated rings. The summed E-state index contributed by atoms with van der Waals surface area (Å²) in [5, 5.41) is 8.42. The molecule has 0 radical (unpaired) electrons. The first-order chi connectivity index (χ1) is 6.18. The average Bonchev–Trinajstić information content (AvgIpc) is 2.63. The van der Waals surface area contributed by atoms with Gasteiger partial charge in [0.1, 0.15) is 5.00 Å². The van der Waals surface area contributed by atoms with Crippen molar-refractivity contribution in [1.29, 1.82) is 0 Å². The Bertz CT molecular complexity index is 268. The van der Waals surface area contributed by atoms with Crippen LogP contribution in [-0.2, 0) is 0 Å². The van der Waals surface area contributed by atoms with Gasteiger partial charge in [0.15, 0.2) is 0 Å². The molecule has 13 heavy (non-hydrogen) atoms. The van der Waals surface area contributed by atoms with E-state index >= 15 is 0 Å². The van der Waals surface area contributed by atoms with E-state index in [-0.39, 0.29) is 0 Å². The van der Waals surface area contributed by atoms with Gasteiger partial charge in [-0.2, -0.15) is 0 Å². The topological polar surface area (TPSA) is 37.8 Å². The van der Waals surface area contributed by atoms with Gasteiger partial charge in [-0.05, 0) is 18.3 Å². The summed E-state index contributed by atoms with van der Waals surface area (Å²) in [5.74, 6) is 0. The Balaban J connectivity index is 2.02. The molecule has 1 atom stereocenters. The largest absolute Gasteiger partial charge is 0.371 e. The van der Waals surface area contributed by atoms with E-state index in [4.69, 9.17) is 0 Å². The first kappa shape index (κ1) is 8.94. The molecule has 1 aliphatic carbocycles. The molecule has 1 aromatic heterocycles. The van der Waals surface area contributed by atoms with Crippen molar-refractivity contribution >= 4 is 16.5 Å². The molecule has 4 heteroatoms. The fraction of sp³-hybridized carbons (Fsp3) is 0.778. The SMILES string of the molecule is CC1(C)CCCC1Nc1cnns1. The van der Waals surface area contributed by atoms with E-state index in [9.17, 15) is 0 Å². The molecule has 0 spiro atoms. The predicted octanol–water partition coefficient (Wildman–Crippen LogP) is 2.53. The molecule has 1 unspecified atom stereocenters. The molecule has 1 heterocycles. The van der Waals surface area contributed by atoms with Gasteiger partial charge in [0.05, 0.1) is 6.20 Å². The molecule has 0 bridgehead atoms. The van der Waals surface area contributed by atoms with Crippen LogP contribution in [0.3, 0.4) is 0 Å². The van der Waals surface area contributed by atoms with Gasteiger partial charge in [-0.25, -0.2) is 0 Å². The lowest BCUT2D eigenvalue weighted by molar-refractivity contribution is 0.350. The number of hydrogen-bond donors (Lipinski definition) is 1. The average molecular weight is 197 g/mol. The van der Waals surface area contributed by atoms with Crippen LogP contribution < -0.4 is 5.32 Å².